The molecule has 92 valence electrons. The van der Waals surface area contributed by atoms with E-state index in [2.05, 4.69) is 0 Å². The second-order valence-electron chi connectivity index (χ2n) is 4.03. The highest BCUT2D eigenvalue weighted by Crippen LogP contribution is 2.13. The summed E-state index contributed by atoms with van der Waals surface area (Å²) in [4.78, 5) is 13.0. The average molecular weight is 238 g/mol. The van der Waals surface area contributed by atoms with Gasteiger partial charge < -0.3 is 15.4 Å². The van der Waals surface area contributed by atoms with Crippen molar-refractivity contribution in [3.63, 3.8) is 0 Å². The van der Waals surface area contributed by atoms with Crippen LogP contribution in [0.1, 0.15) is 5.56 Å². The summed E-state index contributed by atoms with van der Waals surface area (Å²) in [6.07, 6.45) is -0.112. The third-order valence-corrected chi connectivity index (χ3v) is 2.82. The summed E-state index contributed by atoms with van der Waals surface area (Å²) >= 11 is 0. The predicted octanol–water partition coefficient (Wildman–Crippen LogP) is 1.15. The fourth-order valence-corrected chi connectivity index (χ4v) is 1.84. The van der Waals surface area contributed by atoms with Crippen LogP contribution in [0, 0.1) is 5.82 Å². The van der Waals surface area contributed by atoms with Crippen molar-refractivity contribution in [3.05, 3.63) is 35.6 Å². The zero-order chi connectivity index (χ0) is 12.3. The standard InChI is InChI=1S/C12H15FN2O2/c13-11-4-2-1-3-9(11)5-6-15-8-10(7-14)17-12(15)16/h1-4,10H,5-8,14H2. The highest BCUT2D eigenvalue weighted by Gasteiger charge is 2.29. The second kappa shape index (κ2) is 5.14. The SMILES string of the molecule is NCC1CN(CCc2ccccc2F)C(=O)O1. The van der Waals surface area contributed by atoms with Crippen LogP contribution in [0.3, 0.4) is 0 Å². The molecular formula is C12H15FN2O2. The van der Waals surface area contributed by atoms with E-state index < -0.39 is 0 Å². The molecule has 1 aliphatic rings. The first-order valence-corrected chi connectivity index (χ1v) is 5.59. The van der Waals surface area contributed by atoms with Crippen LogP contribution in [0.5, 0.6) is 0 Å². The average Bonchev–Trinajstić information content (AvgIpc) is 2.69. The van der Waals surface area contributed by atoms with Gasteiger partial charge in [-0.1, -0.05) is 18.2 Å². The van der Waals surface area contributed by atoms with Crippen LogP contribution < -0.4 is 5.73 Å². The zero-order valence-electron chi connectivity index (χ0n) is 9.43. The van der Waals surface area contributed by atoms with Crippen molar-refractivity contribution in [2.45, 2.75) is 12.5 Å². The van der Waals surface area contributed by atoms with Crippen LogP contribution in [0.15, 0.2) is 24.3 Å². The number of amides is 1. The molecule has 1 amide bonds. The van der Waals surface area contributed by atoms with Gasteiger partial charge in [0.2, 0.25) is 0 Å². The number of carbonyl (C=O) groups is 1. The Labute approximate surface area is 99.2 Å². The van der Waals surface area contributed by atoms with Crippen molar-refractivity contribution in [1.29, 1.82) is 0 Å². The van der Waals surface area contributed by atoms with Crippen molar-refractivity contribution < 1.29 is 13.9 Å². The largest absolute Gasteiger partial charge is 0.443 e. The molecule has 17 heavy (non-hydrogen) atoms. The lowest BCUT2D eigenvalue weighted by Gasteiger charge is -2.12. The van der Waals surface area contributed by atoms with E-state index in [1.165, 1.54) is 6.07 Å². The van der Waals surface area contributed by atoms with Gasteiger partial charge in [0.1, 0.15) is 11.9 Å². The molecule has 1 aliphatic heterocycles. The summed E-state index contributed by atoms with van der Waals surface area (Å²) < 4.78 is 18.4. The molecule has 1 fully saturated rings. The quantitative estimate of drug-likeness (QED) is 0.856. The van der Waals surface area contributed by atoms with E-state index in [1.807, 2.05) is 0 Å². The molecule has 2 N–H and O–H groups in total. The summed E-state index contributed by atoms with van der Waals surface area (Å²) in [6.45, 7) is 1.27. The van der Waals surface area contributed by atoms with E-state index in [0.29, 0.717) is 31.6 Å². The fraction of sp³-hybridized carbons (Fsp3) is 0.417. The molecule has 0 aromatic heterocycles. The zero-order valence-corrected chi connectivity index (χ0v) is 9.43. The molecule has 1 unspecified atom stereocenters. The Morgan fingerprint density at radius 3 is 2.88 bits per heavy atom. The smallest absolute Gasteiger partial charge is 0.410 e. The molecule has 0 saturated carbocycles. The highest BCUT2D eigenvalue weighted by molar-refractivity contribution is 5.69. The molecule has 0 aliphatic carbocycles. The number of carbonyl (C=O) groups excluding carboxylic acids is 1. The first-order chi connectivity index (χ1) is 8.20. The minimum atomic E-state index is -0.364. The molecule has 5 heteroatoms. The van der Waals surface area contributed by atoms with Crippen molar-refractivity contribution in [2.75, 3.05) is 19.6 Å². The third kappa shape index (κ3) is 2.74. The monoisotopic (exact) mass is 238 g/mol. The lowest BCUT2D eigenvalue weighted by Crippen LogP contribution is -2.29. The minimum Gasteiger partial charge on any atom is -0.443 e. The predicted molar refractivity (Wildman–Crippen MR) is 61.0 cm³/mol. The summed E-state index contributed by atoms with van der Waals surface area (Å²) in [5.74, 6) is -0.240. The molecule has 1 atom stereocenters. The summed E-state index contributed by atoms with van der Waals surface area (Å²) in [6, 6.07) is 6.56. The van der Waals surface area contributed by atoms with Gasteiger partial charge in [-0.3, -0.25) is 0 Å². The lowest BCUT2D eigenvalue weighted by atomic mass is 10.1. The molecule has 1 aromatic carbocycles. The molecule has 1 saturated heterocycles. The topological polar surface area (TPSA) is 55.6 Å². The van der Waals surface area contributed by atoms with Crippen molar-refractivity contribution in [3.8, 4) is 0 Å². The van der Waals surface area contributed by atoms with E-state index in [0.717, 1.165) is 0 Å². The van der Waals surface area contributed by atoms with Gasteiger partial charge in [0.25, 0.3) is 0 Å². The number of rotatable bonds is 4. The molecule has 0 radical (unpaired) electrons. The van der Waals surface area contributed by atoms with E-state index in [1.54, 1.807) is 23.1 Å². The summed E-state index contributed by atoms with van der Waals surface area (Å²) in [7, 11) is 0. The van der Waals surface area contributed by atoms with Gasteiger partial charge in [0, 0.05) is 13.1 Å². The van der Waals surface area contributed by atoms with E-state index in [4.69, 9.17) is 10.5 Å². The lowest BCUT2D eigenvalue weighted by molar-refractivity contribution is 0.135. The van der Waals surface area contributed by atoms with Crippen LogP contribution in [0.2, 0.25) is 0 Å². The molecule has 1 aromatic rings. The van der Waals surface area contributed by atoms with Crippen LogP contribution >= 0.6 is 0 Å². The van der Waals surface area contributed by atoms with Gasteiger partial charge in [0.05, 0.1) is 6.54 Å². The maximum Gasteiger partial charge on any atom is 0.410 e. The number of nitrogens with zero attached hydrogens (tertiary/aromatic N) is 1. The number of ether oxygens (including phenoxy) is 1. The number of hydrogen-bond donors (Lipinski definition) is 1. The normalized spacial score (nSPS) is 19.5. The summed E-state index contributed by atoms with van der Waals surface area (Å²) in [5.41, 5.74) is 6.03. The molecule has 4 nitrogen and oxygen atoms in total. The number of hydrogen-bond acceptors (Lipinski definition) is 3. The Kier molecular flexibility index (Phi) is 3.58. The Hall–Kier alpha value is -1.62. The van der Waals surface area contributed by atoms with E-state index >= 15 is 0 Å². The van der Waals surface area contributed by atoms with Crippen molar-refractivity contribution >= 4 is 6.09 Å². The van der Waals surface area contributed by atoms with Crippen molar-refractivity contribution in [1.82, 2.24) is 4.90 Å². The van der Waals surface area contributed by atoms with Gasteiger partial charge in [-0.15, -0.1) is 0 Å². The van der Waals surface area contributed by atoms with Crippen LogP contribution in [0.25, 0.3) is 0 Å². The maximum absolute atomic E-state index is 13.3. The summed E-state index contributed by atoms with van der Waals surface area (Å²) in [5, 5.41) is 0. The number of halogens is 1. The fourth-order valence-electron chi connectivity index (χ4n) is 1.84. The minimum absolute atomic E-state index is 0.233. The number of cyclic esters (lactones) is 1. The molecule has 0 bridgehead atoms. The van der Waals surface area contributed by atoms with Gasteiger partial charge in [-0.2, -0.15) is 0 Å². The Morgan fingerprint density at radius 2 is 2.24 bits per heavy atom. The molecular weight excluding hydrogens is 223 g/mol. The van der Waals surface area contributed by atoms with Gasteiger partial charge >= 0.3 is 6.09 Å². The van der Waals surface area contributed by atoms with Crippen LogP contribution in [0.4, 0.5) is 9.18 Å². The number of benzene rings is 1. The van der Waals surface area contributed by atoms with Crippen LogP contribution in [-0.4, -0.2) is 36.7 Å². The Morgan fingerprint density at radius 1 is 1.47 bits per heavy atom. The molecule has 1 heterocycles. The third-order valence-electron chi connectivity index (χ3n) is 2.82. The van der Waals surface area contributed by atoms with Gasteiger partial charge in [0.15, 0.2) is 0 Å². The first kappa shape index (κ1) is 11.9. The second-order valence-corrected chi connectivity index (χ2v) is 4.03. The highest BCUT2D eigenvalue weighted by atomic mass is 19.1. The van der Waals surface area contributed by atoms with E-state index in [9.17, 15) is 9.18 Å². The Balaban J connectivity index is 1.91. The maximum atomic E-state index is 13.3. The van der Waals surface area contributed by atoms with Gasteiger partial charge in [-0.05, 0) is 18.1 Å². The number of nitrogens with two attached hydrogens (primary N) is 1. The first-order valence-electron chi connectivity index (χ1n) is 5.59. The van der Waals surface area contributed by atoms with Gasteiger partial charge in [-0.25, -0.2) is 9.18 Å². The van der Waals surface area contributed by atoms with Crippen LogP contribution in [-0.2, 0) is 11.2 Å². The van der Waals surface area contributed by atoms with E-state index in [-0.39, 0.29) is 18.0 Å². The Bertz CT molecular complexity index is 411. The molecule has 0 spiro atoms. The molecule has 2 rings (SSSR count). The van der Waals surface area contributed by atoms with Crippen molar-refractivity contribution in [2.24, 2.45) is 5.73 Å².